The van der Waals surface area contributed by atoms with Crippen molar-refractivity contribution < 1.29 is 14.4 Å². The van der Waals surface area contributed by atoms with Crippen molar-refractivity contribution in [2.75, 3.05) is 6.61 Å². The van der Waals surface area contributed by atoms with E-state index in [0.29, 0.717) is 18.1 Å². The molecule has 106 valence electrons. The van der Waals surface area contributed by atoms with E-state index in [1.165, 1.54) is 18.2 Å². The molecule has 0 unspecified atom stereocenters. The Morgan fingerprint density at radius 3 is 2.57 bits per heavy atom. The van der Waals surface area contributed by atoms with Gasteiger partial charge in [-0.2, -0.15) is 5.26 Å². The average molecular weight is 284 g/mol. The van der Waals surface area contributed by atoms with Crippen LogP contribution in [0.15, 0.2) is 42.5 Å². The van der Waals surface area contributed by atoms with E-state index in [1.54, 1.807) is 30.3 Å². The van der Waals surface area contributed by atoms with Crippen molar-refractivity contribution in [2.24, 2.45) is 0 Å². The SMILES string of the molecule is CCOc1ccccc1Oc1ccc(C#N)c([N+](=O)[O-])c1. The number of nitro groups is 1. The van der Waals surface area contributed by atoms with E-state index in [0.717, 1.165) is 0 Å². The first kappa shape index (κ1) is 14.3. The Morgan fingerprint density at radius 1 is 1.24 bits per heavy atom. The van der Waals surface area contributed by atoms with Gasteiger partial charge in [-0.3, -0.25) is 10.1 Å². The summed E-state index contributed by atoms with van der Waals surface area (Å²) in [6.45, 7) is 2.33. The molecule has 0 saturated carbocycles. The van der Waals surface area contributed by atoms with Gasteiger partial charge in [0.15, 0.2) is 11.5 Å². The molecule has 0 aromatic heterocycles. The molecule has 0 heterocycles. The molecule has 0 N–H and O–H groups in total. The second-order valence-corrected chi connectivity index (χ2v) is 4.03. The van der Waals surface area contributed by atoms with E-state index in [9.17, 15) is 10.1 Å². The zero-order valence-electron chi connectivity index (χ0n) is 11.3. The van der Waals surface area contributed by atoms with Crippen LogP contribution in [0.2, 0.25) is 0 Å². The Kier molecular flexibility index (Phi) is 4.36. The van der Waals surface area contributed by atoms with Gasteiger partial charge in [0.25, 0.3) is 5.69 Å². The van der Waals surface area contributed by atoms with E-state index < -0.39 is 4.92 Å². The quantitative estimate of drug-likeness (QED) is 0.617. The van der Waals surface area contributed by atoms with Crippen LogP contribution in [0.5, 0.6) is 17.2 Å². The van der Waals surface area contributed by atoms with Crippen LogP contribution in [0, 0.1) is 21.4 Å². The van der Waals surface area contributed by atoms with E-state index in [-0.39, 0.29) is 17.0 Å². The van der Waals surface area contributed by atoms with Crippen LogP contribution in [-0.2, 0) is 0 Å². The van der Waals surface area contributed by atoms with Crippen molar-refractivity contribution in [2.45, 2.75) is 6.92 Å². The van der Waals surface area contributed by atoms with E-state index in [1.807, 2.05) is 6.92 Å². The number of benzene rings is 2. The minimum Gasteiger partial charge on any atom is -0.490 e. The van der Waals surface area contributed by atoms with Crippen LogP contribution < -0.4 is 9.47 Å². The molecular weight excluding hydrogens is 272 g/mol. The molecule has 0 fully saturated rings. The fourth-order valence-corrected chi connectivity index (χ4v) is 1.76. The largest absolute Gasteiger partial charge is 0.490 e. The van der Waals surface area contributed by atoms with Gasteiger partial charge in [0.1, 0.15) is 17.4 Å². The minimum atomic E-state index is -0.611. The van der Waals surface area contributed by atoms with Crippen molar-refractivity contribution in [3.05, 3.63) is 58.1 Å². The average Bonchev–Trinajstić information content (AvgIpc) is 2.49. The maximum atomic E-state index is 10.9. The monoisotopic (exact) mass is 284 g/mol. The van der Waals surface area contributed by atoms with Gasteiger partial charge in [0, 0.05) is 0 Å². The highest BCUT2D eigenvalue weighted by Gasteiger charge is 2.16. The molecule has 0 aliphatic heterocycles. The third-order valence-electron chi connectivity index (χ3n) is 2.66. The van der Waals surface area contributed by atoms with E-state index in [4.69, 9.17) is 14.7 Å². The summed E-state index contributed by atoms with van der Waals surface area (Å²) in [5, 5.41) is 19.8. The lowest BCUT2D eigenvalue weighted by atomic mass is 10.2. The highest BCUT2D eigenvalue weighted by Crippen LogP contribution is 2.33. The molecular formula is C15H12N2O4. The van der Waals surface area contributed by atoms with Crippen molar-refractivity contribution in [3.8, 4) is 23.3 Å². The summed E-state index contributed by atoms with van der Waals surface area (Å²) >= 11 is 0. The maximum Gasteiger partial charge on any atom is 0.290 e. The summed E-state index contributed by atoms with van der Waals surface area (Å²) in [6, 6.07) is 12.9. The first-order valence-electron chi connectivity index (χ1n) is 6.24. The molecule has 0 amide bonds. The summed E-state index contributed by atoms with van der Waals surface area (Å²) in [4.78, 5) is 10.3. The molecule has 0 radical (unpaired) electrons. The second-order valence-electron chi connectivity index (χ2n) is 4.03. The Balaban J connectivity index is 2.35. The Hall–Kier alpha value is -3.07. The third kappa shape index (κ3) is 3.28. The number of nitrogens with zero attached hydrogens (tertiary/aromatic N) is 2. The van der Waals surface area contributed by atoms with Crippen molar-refractivity contribution >= 4 is 5.69 Å². The lowest BCUT2D eigenvalue weighted by Crippen LogP contribution is -1.96. The predicted octanol–water partition coefficient (Wildman–Crippen LogP) is 3.66. The maximum absolute atomic E-state index is 10.9. The number of rotatable bonds is 5. The van der Waals surface area contributed by atoms with Gasteiger partial charge in [-0.1, -0.05) is 12.1 Å². The highest BCUT2D eigenvalue weighted by molar-refractivity contribution is 5.53. The molecule has 6 nitrogen and oxygen atoms in total. The number of hydrogen-bond donors (Lipinski definition) is 0. The predicted molar refractivity (Wildman–Crippen MR) is 75.5 cm³/mol. The van der Waals surface area contributed by atoms with Gasteiger partial charge in [-0.25, -0.2) is 0 Å². The standard InChI is InChI=1S/C15H12N2O4/c1-2-20-14-5-3-4-6-15(14)21-12-8-7-11(10-16)13(9-12)17(18)19/h3-9H,2H2,1H3. The van der Waals surface area contributed by atoms with Gasteiger partial charge in [0.2, 0.25) is 0 Å². The summed E-state index contributed by atoms with van der Waals surface area (Å²) in [6.07, 6.45) is 0. The van der Waals surface area contributed by atoms with Gasteiger partial charge < -0.3 is 9.47 Å². The molecule has 2 aromatic rings. The fourth-order valence-electron chi connectivity index (χ4n) is 1.76. The smallest absolute Gasteiger partial charge is 0.290 e. The number of hydrogen-bond acceptors (Lipinski definition) is 5. The van der Waals surface area contributed by atoms with Gasteiger partial charge >= 0.3 is 0 Å². The fraction of sp³-hybridized carbons (Fsp3) is 0.133. The molecule has 0 spiro atoms. The first-order chi connectivity index (χ1) is 10.2. The zero-order valence-corrected chi connectivity index (χ0v) is 11.3. The van der Waals surface area contributed by atoms with Crippen molar-refractivity contribution in [1.29, 1.82) is 5.26 Å². The third-order valence-corrected chi connectivity index (χ3v) is 2.66. The van der Waals surface area contributed by atoms with Gasteiger partial charge in [0.05, 0.1) is 17.6 Å². The second kappa shape index (κ2) is 6.39. The number of ether oxygens (including phenoxy) is 2. The summed E-state index contributed by atoms with van der Waals surface area (Å²) in [5.41, 5.74) is -0.297. The normalized spacial score (nSPS) is 9.71. The van der Waals surface area contributed by atoms with Crippen LogP contribution in [0.1, 0.15) is 12.5 Å². The molecule has 6 heteroatoms. The molecule has 0 aliphatic carbocycles. The lowest BCUT2D eigenvalue weighted by Gasteiger charge is -2.11. The molecule has 0 aliphatic rings. The van der Waals surface area contributed by atoms with Crippen molar-refractivity contribution in [1.82, 2.24) is 0 Å². The highest BCUT2D eigenvalue weighted by atomic mass is 16.6. The molecule has 0 atom stereocenters. The van der Waals surface area contributed by atoms with Crippen LogP contribution in [0.25, 0.3) is 0 Å². The topological polar surface area (TPSA) is 85.4 Å². The van der Waals surface area contributed by atoms with Crippen molar-refractivity contribution in [3.63, 3.8) is 0 Å². The van der Waals surface area contributed by atoms with Gasteiger partial charge in [-0.05, 0) is 31.2 Å². The van der Waals surface area contributed by atoms with Crippen LogP contribution in [0.3, 0.4) is 0 Å². The molecule has 21 heavy (non-hydrogen) atoms. The van der Waals surface area contributed by atoms with Gasteiger partial charge in [-0.15, -0.1) is 0 Å². The molecule has 0 bridgehead atoms. The molecule has 2 rings (SSSR count). The van der Waals surface area contributed by atoms with Crippen LogP contribution in [0.4, 0.5) is 5.69 Å². The van der Waals surface area contributed by atoms with Crippen LogP contribution >= 0.6 is 0 Å². The van der Waals surface area contributed by atoms with E-state index in [2.05, 4.69) is 0 Å². The number of para-hydroxylation sites is 2. The minimum absolute atomic E-state index is 0.00885. The summed E-state index contributed by atoms with van der Waals surface area (Å²) < 4.78 is 11.0. The lowest BCUT2D eigenvalue weighted by molar-refractivity contribution is -0.385. The first-order valence-corrected chi connectivity index (χ1v) is 6.24. The number of nitro benzene ring substituents is 1. The Labute approximate surface area is 121 Å². The molecule has 2 aromatic carbocycles. The number of nitriles is 1. The molecule has 0 saturated heterocycles. The van der Waals surface area contributed by atoms with Crippen LogP contribution in [-0.4, -0.2) is 11.5 Å². The summed E-state index contributed by atoms with van der Waals surface area (Å²) in [5.74, 6) is 1.28. The Morgan fingerprint density at radius 2 is 1.95 bits per heavy atom. The summed E-state index contributed by atoms with van der Waals surface area (Å²) in [7, 11) is 0. The zero-order chi connectivity index (χ0) is 15.2. The van der Waals surface area contributed by atoms with E-state index >= 15 is 0 Å². The Bertz CT molecular complexity index is 707.